The van der Waals surface area contributed by atoms with Gasteiger partial charge in [-0.05, 0) is 12.8 Å². The molecule has 132 valence electrons. The van der Waals surface area contributed by atoms with Crippen molar-refractivity contribution in [3.05, 3.63) is 11.8 Å². The average molecular weight is 354 g/mol. The first-order valence-electron chi connectivity index (χ1n) is 7.88. The van der Waals surface area contributed by atoms with Gasteiger partial charge in [0.15, 0.2) is 5.82 Å². The van der Waals surface area contributed by atoms with E-state index in [1.807, 2.05) is 6.07 Å². The first kappa shape index (κ1) is 18.2. The molecule has 1 aromatic heterocycles. The summed E-state index contributed by atoms with van der Waals surface area (Å²) in [6, 6.07) is 1.32. The van der Waals surface area contributed by atoms with Gasteiger partial charge < -0.3 is 5.32 Å². The molecule has 0 unspecified atom stereocenters. The van der Waals surface area contributed by atoms with Crippen molar-refractivity contribution in [2.24, 2.45) is 7.05 Å². The van der Waals surface area contributed by atoms with Crippen molar-refractivity contribution in [2.45, 2.75) is 38.1 Å². The smallest absolute Gasteiger partial charge is 0.320 e. The lowest BCUT2D eigenvalue weighted by Crippen LogP contribution is -2.41. The molecule has 0 aromatic carbocycles. The largest absolute Gasteiger partial charge is 0.337 e. The summed E-state index contributed by atoms with van der Waals surface area (Å²) in [5.74, 6) is -0.0507. The molecule has 0 atom stereocenters. The molecular formula is C14H22N6O3S. The van der Waals surface area contributed by atoms with E-state index in [1.165, 1.54) is 10.9 Å². The van der Waals surface area contributed by atoms with Crippen molar-refractivity contribution in [2.75, 3.05) is 17.6 Å². The average Bonchev–Trinajstić information content (AvgIpc) is 2.87. The lowest BCUT2D eigenvalue weighted by atomic mass is 9.96. The van der Waals surface area contributed by atoms with Gasteiger partial charge >= 0.3 is 6.03 Å². The Bertz CT molecular complexity index is 715. The SMILES string of the molecule is Cn1cc(C#N)c(NC(=O)NCCS(=O)(=O)NC2CCCCC2)n1. The van der Waals surface area contributed by atoms with Crippen molar-refractivity contribution in [1.29, 1.82) is 5.26 Å². The van der Waals surface area contributed by atoms with Crippen LogP contribution in [0.25, 0.3) is 0 Å². The number of sulfonamides is 1. The first-order valence-corrected chi connectivity index (χ1v) is 9.53. The van der Waals surface area contributed by atoms with E-state index < -0.39 is 16.1 Å². The van der Waals surface area contributed by atoms with Gasteiger partial charge in [-0.3, -0.25) is 10.00 Å². The van der Waals surface area contributed by atoms with Crippen LogP contribution in [0.2, 0.25) is 0 Å². The van der Waals surface area contributed by atoms with Crippen LogP contribution in [0.4, 0.5) is 10.6 Å². The van der Waals surface area contributed by atoms with Gasteiger partial charge in [0, 0.05) is 25.8 Å². The third kappa shape index (κ3) is 5.50. The van der Waals surface area contributed by atoms with Gasteiger partial charge in [0.05, 0.1) is 5.75 Å². The van der Waals surface area contributed by atoms with Crippen LogP contribution in [-0.4, -0.2) is 42.6 Å². The van der Waals surface area contributed by atoms with E-state index in [1.54, 1.807) is 7.05 Å². The highest BCUT2D eigenvalue weighted by Gasteiger charge is 2.20. The van der Waals surface area contributed by atoms with Gasteiger partial charge in [0.25, 0.3) is 0 Å². The number of rotatable bonds is 6. The molecule has 24 heavy (non-hydrogen) atoms. The number of hydrogen-bond acceptors (Lipinski definition) is 5. The van der Waals surface area contributed by atoms with Crippen molar-refractivity contribution in [3.63, 3.8) is 0 Å². The Labute approximate surface area is 141 Å². The number of anilines is 1. The van der Waals surface area contributed by atoms with E-state index in [0.717, 1.165) is 32.1 Å². The molecule has 0 aliphatic heterocycles. The molecule has 0 saturated heterocycles. The van der Waals surface area contributed by atoms with Gasteiger partial charge in [-0.25, -0.2) is 17.9 Å². The van der Waals surface area contributed by atoms with E-state index in [-0.39, 0.29) is 29.7 Å². The number of amides is 2. The normalized spacial score (nSPS) is 15.7. The molecule has 9 nitrogen and oxygen atoms in total. The fraction of sp³-hybridized carbons (Fsp3) is 0.643. The quantitative estimate of drug-likeness (QED) is 0.691. The van der Waals surface area contributed by atoms with Crippen LogP contribution in [0.15, 0.2) is 6.20 Å². The molecule has 10 heteroatoms. The fourth-order valence-electron chi connectivity index (χ4n) is 2.65. The van der Waals surface area contributed by atoms with E-state index >= 15 is 0 Å². The molecule has 0 bridgehead atoms. The maximum atomic E-state index is 12.0. The zero-order valence-electron chi connectivity index (χ0n) is 13.6. The van der Waals surface area contributed by atoms with Crippen molar-refractivity contribution >= 4 is 21.9 Å². The summed E-state index contributed by atoms with van der Waals surface area (Å²) in [5, 5.41) is 17.8. The lowest BCUT2D eigenvalue weighted by molar-refractivity contribution is 0.252. The van der Waals surface area contributed by atoms with Gasteiger partial charge in [-0.1, -0.05) is 19.3 Å². The summed E-state index contributed by atoms with van der Waals surface area (Å²) < 4.78 is 28.1. The van der Waals surface area contributed by atoms with Crippen LogP contribution in [0.3, 0.4) is 0 Å². The molecule has 1 heterocycles. The summed E-state index contributed by atoms with van der Waals surface area (Å²) in [7, 11) is -1.79. The van der Waals surface area contributed by atoms with Crippen molar-refractivity contribution < 1.29 is 13.2 Å². The number of carbonyl (C=O) groups is 1. The van der Waals surface area contributed by atoms with Crippen molar-refractivity contribution in [3.8, 4) is 6.07 Å². The molecule has 1 aliphatic carbocycles. The Morgan fingerprint density at radius 1 is 1.42 bits per heavy atom. The Hall–Kier alpha value is -2.12. The lowest BCUT2D eigenvalue weighted by Gasteiger charge is -2.22. The van der Waals surface area contributed by atoms with E-state index in [4.69, 9.17) is 5.26 Å². The minimum absolute atomic E-state index is 0.00396. The molecule has 3 N–H and O–H groups in total. The number of urea groups is 1. The molecule has 1 fully saturated rings. The van der Waals surface area contributed by atoms with Crippen LogP contribution in [0, 0.1) is 11.3 Å². The zero-order valence-corrected chi connectivity index (χ0v) is 14.4. The second-order valence-electron chi connectivity index (χ2n) is 5.83. The number of aryl methyl sites for hydroxylation is 1. The van der Waals surface area contributed by atoms with E-state index in [0.29, 0.717) is 0 Å². The number of aromatic nitrogens is 2. The molecule has 1 aromatic rings. The second kappa shape index (κ2) is 8.12. The molecule has 1 aliphatic rings. The monoisotopic (exact) mass is 354 g/mol. The van der Waals surface area contributed by atoms with E-state index in [2.05, 4.69) is 20.5 Å². The van der Waals surface area contributed by atoms with Gasteiger partial charge in [-0.2, -0.15) is 10.4 Å². The van der Waals surface area contributed by atoms with Crippen LogP contribution in [0.1, 0.15) is 37.7 Å². The van der Waals surface area contributed by atoms with Gasteiger partial charge in [0.2, 0.25) is 10.0 Å². The Balaban J connectivity index is 1.76. The molecule has 0 spiro atoms. The number of nitrogens with zero attached hydrogens (tertiary/aromatic N) is 3. The topological polar surface area (TPSA) is 129 Å². The number of carbonyl (C=O) groups excluding carboxylic acids is 1. The molecule has 1 saturated carbocycles. The Morgan fingerprint density at radius 2 is 2.12 bits per heavy atom. The summed E-state index contributed by atoms with van der Waals surface area (Å²) in [6.45, 7) is -0.0252. The highest BCUT2D eigenvalue weighted by atomic mass is 32.2. The molecular weight excluding hydrogens is 332 g/mol. The van der Waals surface area contributed by atoms with Crippen LogP contribution >= 0.6 is 0 Å². The number of nitriles is 1. The third-order valence-corrected chi connectivity index (χ3v) is 5.22. The third-order valence-electron chi connectivity index (χ3n) is 3.79. The molecule has 0 radical (unpaired) electrons. The van der Waals surface area contributed by atoms with Crippen molar-refractivity contribution in [1.82, 2.24) is 19.8 Å². The highest BCUT2D eigenvalue weighted by molar-refractivity contribution is 7.89. The summed E-state index contributed by atoms with van der Waals surface area (Å²) >= 11 is 0. The predicted octanol–water partition coefficient (Wildman–Crippen LogP) is 0.665. The van der Waals surface area contributed by atoms with Crippen LogP contribution < -0.4 is 15.4 Å². The maximum Gasteiger partial charge on any atom is 0.320 e. The summed E-state index contributed by atoms with van der Waals surface area (Å²) in [5.41, 5.74) is 0.235. The zero-order chi connectivity index (χ0) is 17.6. The van der Waals surface area contributed by atoms with Gasteiger partial charge in [-0.15, -0.1) is 0 Å². The fourth-order valence-corrected chi connectivity index (χ4v) is 3.88. The van der Waals surface area contributed by atoms with Crippen LogP contribution in [0.5, 0.6) is 0 Å². The maximum absolute atomic E-state index is 12.0. The number of hydrogen-bond donors (Lipinski definition) is 3. The minimum atomic E-state index is -3.42. The minimum Gasteiger partial charge on any atom is -0.337 e. The standard InChI is InChI=1S/C14H22N6O3S/c1-20-10-11(9-15)13(18-20)17-14(21)16-7-8-24(22,23)19-12-5-3-2-4-6-12/h10,12,19H,2-8H2,1H3,(H2,16,17,18,21). The molecule has 2 rings (SSSR count). The Morgan fingerprint density at radius 3 is 2.79 bits per heavy atom. The van der Waals surface area contributed by atoms with Crippen LogP contribution in [-0.2, 0) is 17.1 Å². The highest BCUT2D eigenvalue weighted by Crippen LogP contribution is 2.18. The first-order chi connectivity index (χ1) is 11.4. The Kier molecular flexibility index (Phi) is 6.16. The van der Waals surface area contributed by atoms with Gasteiger partial charge in [0.1, 0.15) is 11.6 Å². The predicted molar refractivity (Wildman–Crippen MR) is 88.7 cm³/mol. The summed E-state index contributed by atoms with van der Waals surface area (Å²) in [6.07, 6.45) is 6.44. The van der Waals surface area contributed by atoms with E-state index in [9.17, 15) is 13.2 Å². The summed E-state index contributed by atoms with van der Waals surface area (Å²) in [4.78, 5) is 11.8. The second-order valence-corrected chi connectivity index (χ2v) is 7.70. The molecule has 2 amide bonds. The number of nitrogens with one attached hydrogen (secondary N) is 3.